The van der Waals surface area contributed by atoms with E-state index >= 15 is 0 Å². The van der Waals surface area contributed by atoms with E-state index in [0.717, 1.165) is 6.26 Å². The average Bonchev–Trinajstić information content (AvgIpc) is 1.89. The van der Waals surface area contributed by atoms with E-state index in [1.807, 2.05) is 20.8 Å². The predicted molar refractivity (Wildman–Crippen MR) is 59.9 cm³/mol. The predicted octanol–water partition coefficient (Wildman–Crippen LogP) is 0.397. The number of rotatable bonds is 2. The van der Waals surface area contributed by atoms with Crippen LogP contribution in [-0.2, 0) is 19.0 Å². The zero-order chi connectivity index (χ0) is 12.6. The molecule has 1 aliphatic heterocycles. The molecule has 0 atom stereocenters. The highest BCUT2D eigenvalue weighted by Gasteiger charge is 2.34. The minimum absolute atomic E-state index is 0.0563. The Kier molecular flexibility index (Phi) is 3.49. The Balaban J connectivity index is 2.34. The van der Waals surface area contributed by atoms with Crippen molar-refractivity contribution in [2.75, 3.05) is 19.3 Å². The van der Waals surface area contributed by atoms with Crippen LogP contribution >= 0.6 is 0 Å². The maximum atomic E-state index is 10.8. The van der Waals surface area contributed by atoms with Gasteiger partial charge in [-0.1, -0.05) is 0 Å². The second kappa shape index (κ2) is 4.21. The third-order valence-electron chi connectivity index (χ3n) is 1.85. The van der Waals surface area contributed by atoms with E-state index in [1.54, 1.807) is 4.90 Å². The lowest BCUT2D eigenvalue weighted by Crippen LogP contribution is -2.56. The minimum atomic E-state index is -3.41. The maximum Gasteiger partial charge on any atom is 0.285 e. The molecule has 1 rings (SSSR count). The van der Waals surface area contributed by atoms with Gasteiger partial charge < -0.3 is 9.64 Å². The summed E-state index contributed by atoms with van der Waals surface area (Å²) in [5.41, 5.74) is -0.417. The molecule has 0 saturated carbocycles. The SMILES string of the molecule is CC(C)(C)OC(=N)N1CC(OS(C)(=O)=O)C1. The van der Waals surface area contributed by atoms with Crippen molar-refractivity contribution in [3.63, 3.8) is 0 Å². The van der Waals surface area contributed by atoms with E-state index in [9.17, 15) is 8.42 Å². The van der Waals surface area contributed by atoms with Crippen LogP contribution < -0.4 is 0 Å². The van der Waals surface area contributed by atoms with Crippen LogP contribution in [-0.4, -0.2) is 50.4 Å². The zero-order valence-corrected chi connectivity index (χ0v) is 10.8. The fourth-order valence-electron chi connectivity index (χ4n) is 1.27. The molecule has 1 heterocycles. The first kappa shape index (κ1) is 13.2. The number of hydrogen-bond acceptors (Lipinski definition) is 5. The molecule has 0 radical (unpaired) electrons. The molecule has 94 valence electrons. The van der Waals surface area contributed by atoms with Gasteiger partial charge in [-0.25, -0.2) is 0 Å². The van der Waals surface area contributed by atoms with E-state index in [1.165, 1.54) is 0 Å². The van der Waals surface area contributed by atoms with Gasteiger partial charge in [0, 0.05) is 0 Å². The highest BCUT2D eigenvalue weighted by molar-refractivity contribution is 7.86. The van der Waals surface area contributed by atoms with E-state index in [-0.39, 0.29) is 12.1 Å². The Morgan fingerprint density at radius 3 is 2.25 bits per heavy atom. The molecule has 0 bridgehead atoms. The monoisotopic (exact) mass is 250 g/mol. The smallest absolute Gasteiger partial charge is 0.285 e. The summed E-state index contributed by atoms with van der Waals surface area (Å²) in [5.74, 6) is 0. The van der Waals surface area contributed by atoms with Gasteiger partial charge in [-0.15, -0.1) is 0 Å². The number of hydrogen-bond donors (Lipinski definition) is 1. The Hall–Kier alpha value is -0.820. The van der Waals surface area contributed by atoms with Crippen molar-refractivity contribution in [2.24, 2.45) is 0 Å². The third kappa shape index (κ3) is 4.36. The molecule has 0 aromatic rings. The fraction of sp³-hybridized carbons (Fsp3) is 0.889. The van der Waals surface area contributed by atoms with Gasteiger partial charge in [0.15, 0.2) is 0 Å². The van der Waals surface area contributed by atoms with Crippen molar-refractivity contribution in [2.45, 2.75) is 32.5 Å². The van der Waals surface area contributed by atoms with Gasteiger partial charge in [0.1, 0.15) is 11.7 Å². The number of nitrogens with one attached hydrogen (secondary N) is 1. The zero-order valence-electron chi connectivity index (χ0n) is 9.98. The van der Waals surface area contributed by atoms with Gasteiger partial charge in [0.25, 0.3) is 16.1 Å². The van der Waals surface area contributed by atoms with E-state index in [2.05, 4.69) is 0 Å². The third-order valence-corrected chi connectivity index (χ3v) is 2.47. The molecule has 1 saturated heterocycles. The topological polar surface area (TPSA) is 79.7 Å². The molecule has 1 fully saturated rings. The largest absolute Gasteiger partial charge is 0.460 e. The summed E-state index contributed by atoms with van der Waals surface area (Å²) in [6, 6.07) is 0.0563. The van der Waals surface area contributed by atoms with E-state index in [0.29, 0.717) is 13.1 Å². The first-order chi connectivity index (χ1) is 7.07. The lowest BCUT2D eigenvalue weighted by atomic mass is 10.2. The summed E-state index contributed by atoms with van der Waals surface area (Å²) in [6.07, 6.45) is 0.658. The molecular weight excluding hydrogens is 232 g/mol. The Bertz CT molecular complexity index is 365. The quantitative estimate of drug-likeness (QED) is 0.436. The summed E-state index contributed by atoms with van der Waals surface area (Å²) >= 11 is 0. The van der Waals surface area contributed by atoms with E-state index in [4.69, 9.17) is 14.3 Å². The lowest BCUT2D eigenvalue weighted by molar-refractivity contribution is 0.0218. The molecule has 0 aromatic carbocycles. The molecule has 1 N–H and O–H groups in total. The van der Waals surface area contributed by atoms with Crippen LogP contribution in [0.4, 0.5) is 0 Å². The molecule has 0 unspecified atom stereocenters. The Morgan fingerprint density at radius 2 is 1.88 bits per heavy atom. The summed E-state index contributed by atoms with van der Waals surface area (Å²) in [7, 11) is -3.41. The number of ether oxygens (including phenoxy) is 1. The molecule has 6 nitrogen and oxygen atoms in total. The number of likely N-dealkylation sites (tertiary alicyclic amines) is 1. The van der Waals surface area contributed by atoms with Crippen molar-refractivity contribution < 1.29 is 17.3 Å². The summed E-state index contributed by atoms with van der Waals surface area (Å²) < 4.78 is 31.7. The summed E-state index contributed by atoms with van der Waals surface area (Å²) in [4.78, 5) is 1.63. The van der Waals surface area contributed by atoms with Gasteiger partial charge in [-0.3, -0.25) is 9.59 Å². The highest BCUT2D eigenvalue weighted by atomic mass is 32.2. The van der Waals surface area contributed by atoms with Crippen LogP contribution in [0.5, 0.6) is 0 Å². The van der Waals surface area contributed by atoms with Crippen LogP contribution in [0.2, 0.25) is 0 Å². The molecule has 1 aliphatic rings. The molecule has 0 spiro atoms. The lowest BCUT2D eigenvalue weighted by Gasteiger charge is -2.40. The summed E-state index contributed by atoms with van der Waals surface area (Å²) in [5, 5.41) is 7.62. The van der Waals surface area contributed by atoms with Crippen molar-refractivity contribution >= 4 is 16.1 Å². The number of nitrogens with zero attached hydrogens (tertiary/aromatic N) is 1. The van der Waals surface area contributed by atoms with Crippen molar-refractivity contribution in [3.8, 4) is 0 Å². The first-order valence-corrected chi connectivity index (χ1v) is 6.79. The molecule has 0 aromatic heterocycles. The minimum Gasteiger partial charge on any atom is -0.460 e. The molecule has 7 heteroatoms. The first-order valence-electron chi connectivity index (χ1n) is 4.97. The molecule has 16 heavy (non-hydrogen) atoms. The van der Waals surface area contributed by atoms with E-state index < -0.39 is 15.7 Å². The van der Waals surface area contributed by atoms with Crippen molar-refractivity contribution in [1.29, 1.82) is 5.41 Å². The average molecular weight is 250 g/mol. The van der Waals surface area contributed by atoms with Crippen LogP contribution in [0.1, 0.15) is 20.8 Å². The van der Waals surface area contributed by atoms with Crippen LogP contribution in [0.25, 0.3) is 0 Å². The van der Waals surface area contributed by atoms with Crippen molar-refractivity contribution in [1.82, 2.24) is 4.90 Å². The Labute approximate surface area is 96.2 Å². The second-order valence-electron chi connectivity index (χ2n) is 4.85. The van der Waals surface area contributed by atoms with Gasteiger partial charge in [0.05, 0.1) is 19.3 Å². The highest BCUT2D eigenvalue weighted by Crippen LogP contribution is 2.17. The Morgan fingerprint density at radius 1 is 1.38 bits per heavy atom. The molecule has 0 aliphatic carbocycles. The van der Waals surface area contributed by atoms with Crippen LogP contribution in [0, 0.1) is 5.41 Å². The molecule has 0 amide bonds. The van der Waals surface area contributed by atoms with Gasteiger partial charge >= 0.3 is 0 Å². The second-order valence-corrected chi connectivity index (χ2v) is 6.45. The number of amidine groups is 1. The maximum absolute atomic E-state index is 10.8. The van der Waals surface area contributed by atoms with Crippen LogP contribution in [0.15, 0.2) is 0 Å². The standard InChI is InChI=1S/C9H18N2O4S/c1-9(2,3)14-8(10)11-5-7(6-11)15-16(4,12)13/h7,10H,5-6H2,1-4H3. The van der Waals surface area contributed by atoms with Crippen LogP contribution in [0.3, 0.4) is 0 Å². The van der Waals surface area contributed by atoms with Gasteiger partial charge in [-0.05, 0) is 20.8 Å². The molecular formula is C9H18N2O4S. The summed E-state index contributed by atoms with van der Waals surface area (Å²) in [6.45, 7) is 6.31. The van der Waals surface area contributed by atoms with Gasteiger partial charge in [-0.2, -0.15) is 8.42 Å². The van der Waals surface area contributed by atoms with Crippen molar-refractivity contribution in [3.05, 3.63) is 0 Å². The van der Waals surface area contributed by atoms with Gasteiger partial charge in [0.2, 0.25) is 0 Å². The normalized spacial score (nSPS) is 18.1. The fourth-order valence-corrected chi connectivity index (χ4v) is 1.88.